The van der Waals surface area contributed by atoms with Gasteiger partial charge in [0, 0.05) is 14.0 Å². The molecule has 0 saturated heterocycles. The minimum absolute atomic E-state index is 0.175. The van der Waals surface area contributed by atoms with E-state index in [1.165, 1.54) is 25.7 Å². The molecule has 11 nitrogen and oxygen atoms in total. The molecule has 2 amide bonds. The van der Waals surface area contributed by atoms with Crippen molar-refractivity contribution in [3.05, 3.63) is 47.9 Å². The van der Waals surface area contributed by atoms with Gasteiger partial charge in [0.25, 0.3) is 5.91 Å². The Hall–Kier alpha value is -2.61. The van der Waals surface area contributed by atoms with Crippen molar-refractivity contribution in [1.29, 1.82) is 0 Å². The van der Waals surface area contributed by atoms with E-state index in [-0.39, 0.29) is 24.0 Å². The predicted octanol–water partition coefficient (Wildman–Crippen LogP) is 0.391. The Balaban J connectivity index is 2.27. The summed E-state index contributed by atoms with van der Waals surface area (Å²) in [6.45, 7) is 1.32. The summed E-state index contributed by atoms with van der Waals surface area (Å²) in [6, 6.07) is 7.08. The molecule has 0 aliphatic rings. The van der Waals surface area contributed by atoms with Gasteiger partial charge in [-0.3, -0.25) is 9.59 Å². The summed E-state index contributed by atoms with van der Waals surface area (Å²) in [5.74, 6) is -0.439. The lowest BCUT2D eigenvalue weighted by atomic mass is 9.93. The Morgan fingerprint density at radius 2 is 1.77 bits per heavy atom. The summed E-state index contributed by atoms with van der Waals surface area (Å²) in [4.78, 5) is 28.5. The predicted molar refractivity (Wildman–Crippen MR) is 134 cm³/mol. The lowest BCUT2D eigenvalue weighted by molar-refractivity contribution is -0.121. The second-order valence-corrected chi connectivity index (χ2v) is 11.1. The zero-order chi connectivity index (χ0) is 26.2. The third-order valence-corrected chi connectivity index (χ3v) is 7.10. The van der Waals surface area contributed by atoms with E-state index in [2.05, 4.69) is 15.6 Å². The fourth-order valence-corrected chi connectivity index (χ4v) is 4.19. The number of aliphatic hydroxyl groups excluding tert-OH is 2. The van der Waals surface area contributed by atoms with E-state index < -0.39 is 40.2 Å². The van der Waals surface area contributed by atoms with Gasteiger partial charge in [0.05, 0.1) is 18.3 Å². The molecule has 0 aliphatic heterocycles. The number of thioether (sulfide) groups is 1. The average Bonchev–Trinajstić information content (AvgIpc) is 3.30. The number of nitrogens with zero attached hydrogens (tertiary/aromatic N) is 2. The van der Waals surface area contributed by atoms with Crippen LogP contribution in [0.15, 0.2) is 41.0 Å². The summed E-state index contributed by atoms with van der Waals surface area (Å²) < 4.78 is 29.3. The first-order valence-electron chi connectivity index (χ1n) is 10.8. The number of aromatic nitrogens is 1. The number of nitrogens with one attached hydrogen (secondary N) is 2. The van der Waals surface area contributed by atoms with E-state index in [9.17, 15) is 28.2 Å². The molecule has 0 spiro atoms. The molecule has 0 radical (unpaired) electrons. The Morgan fingerprint density at radius 3 is 2.34 bits per heavy atom. The molecule has 1 heterocycles. The van der Waals surface area contributed by atoms with Gasteiger partial charge in [-0.05, 0) is 30.4 Å². The van der Waals surface area contributed by atoms with Gasteiger partial charge in [-0.2, -0.15) is 16.7 Å². The van der Waals surface area contributed by atoms with E-state index in [1.807, 2.05) is 24.5 Å². The molecule has 194 valence electrons. The fourth-order valence-electron chi connectivity index (χ4n) is 3.33. The van der Waals surface area contributed by atoms with Crippen molar-refractivity contribution in [2.24, 2.45) is 0 Å². The van der Waals surface area contributed by atoms with E-state index in [1.54, 1.807) is 12.1 Å². The van der Waals surface area contributed by atoms with Crippen molar-refractivity contribution in [2.45, 2.75) is 44.1 Å². The van der Waals surface area contributed by atoms with E-state index in [0.29, 0.717) is 12.2 Å². The Bertz CT molecular complexity index is 1080. The molecular formula is C22H32N4O7S2. The summed E-state index contributed by atoms with van der Waals surface area (Å²) in [5, 5.41) is 27.3. The molecule has 1 aromatic carbocycles. The number of carbonyl (C=O) groups is 2. The van der Waals surface area contributed by atoms with Gasteiger partial charge in [0.2, 0.25) is 15.9 Å². The van der Waals surface area contributed by atoms with E-state index in [4.69, 9.17) is 4.42 Å². The van der Waals surface area contributed by atoms with E-state index in [0.717, 1.165) is 22.4 Å². The second kappa shape index (κ2) is 12.9. The number of hydrogen-bond acceptors (Lipinski definition) is 9. The van der Waals surface area contributed by atoms with Crippen LogP contribution in [0.1, 0.15) is 29.4 Å². The fraction of sp³-hybridized carbons (Fsp3) is 0.500. The Labute approximate surface area is 209 Å². The van der Waals surface area contributed by atoms with Gasteiger partial charge in [0.1, 0.15) is 18.5 Å². The van der Waals surface area contributed by atoms with Crippen LogP contribution in [0.4, 0.5) is 6.01 Å². The molecule has 2 aromatic rings. The molecule has 2 rings (SSSR count). The van der Waals surface area contributed by atoms with Crippen LogP contribution in [0.25, 0.3) is 0 Å². The van der Waals surface area contributed by atoms with Crippen LogP contribution in [0, 0.1) is 0 Å². The Kier molecular flexibility index (Phi) is 10.6. The minimum Gasteiger partial charge on any atom is -0.430 e. The number of aliphatic hydroxyl groups is 2. The first-order valence-corrected chi connectivity index (χ1v) is 14.0. The highest BCUT2D eigenvalue weighted by molar-refractivity contribution is 7.98. The normalized spacial score (nSPS) is 15.0. The molecule has 4 atom stereocenters. The third kappa shape index (κ3) is 8.53. The van der Waals surface area contributed by atoms with Gasteiger partial charge in [-0.1, -0.05) is 30.3 Å². The monoisotopic (exact) mass is 528 g/mol. The topological polar surface area (TPSA) is 162 Å². The number of anilines is 1. The maximum Gasteiger partial charge on any atom is 0.311 e. The zero-order valence-corrected chi connectivity index (χ0v) is 21.7. The lowest BCUT2D eigenvalue weighted by Crippen LogP contribution is -2.56. The summed E-state index contributed by atoms with van der Waals surface area (Å²) in [7, 11) is -2.41. The number of rotatable bonds is 13. The summed E-state index contributed by atoms with van der Waals surface area (Å²) >= 11 is 1.53. The highest BCUT2D eigenvalue weighted by Gasteiger charge is 2.34. The zero-order valence-electron chi connectivity index (χ0n) is 20.0. The molecule has 0 bridgehead atoms. The van der Waals surface area contributed by atoms with Crippen LogP contribution in [0.3, 0.4) is 0 Å². The number of benzene rings is 1. The number of sulfonamides is 1. The van der Waals surface area contributed by atoms with Crippen molar-refractivity contribution in [1.82, 2.24) is 15.6 Å². The van der Waals surface area contributed by atoms with Gasteiger partial charge in [-0.15, -0.1) is 0 Å². The van der Waals surface area contributed by atoms with Gasteiger partial charge in [0.15, 0.2) is 5.69 Å². The molecular weight excluding hydrogens is 496 g/mol. The molecule has 1 aromatic heterocycles. The van der Waals surface area contributed by atoms with Crippen molar-refractivity contribution >= 4 is 39.6 Å². The first kappa shape index (κ1) is 28.6. The molecule has 4 N–H and O–H groups in total. The van der Waals surface area contributed by atoms with Crippen LogP contribution in [0.5, 0.6) is 0 Å². The van der Waals surface area contributed by atoms with E-state index >= 15 is 0 Å². The highest BCUT2D eigenvalue weighted by atomic mass is 32.2. The summed E-state index contributed by atoms with van der Waals surface area (Å²) in [5.41, 5.74) is 0.595. The molecule has 35 heavy (non-hydrogen) atoms. The maximum atomic E-state index is 12.9. The van der Waals surface area contributed by atoms with Crippen LogP contribution in [-0.2, 0) is 21.2 Å². The molecule has 0 unspecified atom stereocenters. The highest BCUT2D eigenvalue weighted by Crippen LogP contribution is 2.17. The van der Waals surface area contributed by atoms with Crippen molar-refractivity contribution in [2.75, 3.05) is 29.6 Å². The average molecular weight is 529 g/mol. The number of hydrogen-bond donors (Lipinski definition) is 4. The van der Waals surface area contributed by atoms with Crippen molar-refractivity contribution < 1.29 is 32.6 Å². The quantitative estimate of drug-likeness (QED) is 0.288. The first-order chi connectivity index (χ1) is 16.4. The van der Waals surface area contributed by atoms with Crippen LogP contribution >= 0.6 is 11.8 Å². The molecule has 13 heteroatoms. The van der Waals surface area contributed by atoms with Crippen molar-refractivity contribution in [3.63, 3.8) is 0 Å². The lowest BCUT2D eigenvalue weighted by Gasteiger charge is -2.32. The minimum atomic E-state index is -3.65. The SMILES string of the molecule is CSCC[C@@H](NC(C)=O)[C@@H](O)[C@H](O)[C@H](Cc1ccccc1)NC(=O)c1coc(N(C)S(C)(=O)=O)n1. The standard InChI is InChI=1S/C22H32N4O7S2/c1-14(27)23-16(10-11-34-3)19(28)20(29)17(12-15-8-6-5-7-9-15)24-21(30)18-13-33-22(25-18)26(2)35(4,31)32/h5-9,13,16-17,19-20,28-29H,10-12H2,1-4H3,(H,23,27)(H,24,30)/t16-,17+,19-,20-/m1/s1. The molecule has 0 aliphatic carbocycles. The number of amides is 2. The third-order valence-electron chi connectivity index (χ3n) is 5.30. The van der Waals surface area contributed by atoms with Gasteiger partial charge >= 0.3 is 6.01 Å². The smallest absolute Gasteiger partial charge is 0.311 e. The molecule has 0 fully saturated rings. The second-order valence-electron chi connectivity index (χ2n) is 8.09. The van der Waals surface area contributed by atoms with Crippen LogP contribution in [0.2, 0.25) is 0 Å². The van der Waals surface area contributed by atoms with Gasteiger partial charge < -0.3 is 25.3 Å². The van der Waals surface area contributed by atoms with Gasteiger partial charge in [-0.25, -0.2) is 12.7 Å². The maximum absolute atomic E-state index is 12.9. The van der Waals surface area contributed by atoms with Crippen LogP contribution in [-0.4, -0.2) is 85.0 Å². The van der Waals surface area contributed by atoms with Crippen LogP contribution < -0.4 is 14.9 Å². The number of oxazole rings is 1. The largest absolute Gasteiger partial charge is 0.430 e. The summed E-state index contributed by atoms with van der Waals surface area (Å²) in [6.07, 6.45) is 1.64. The molecule has 0 saturated carbocycles. The number of carbonyl (C=O) groups excluding carboxylic acids is 2. The Morgan fingerprint density at radius 1 is 1.14 bits per heavy atom. The van der Waals surface area contributed by atoms with Crippen molar-refractivity contribution in [3.8, 4) is 0 Å².